The van der Waals surface area contributed by atoms with Crippen LogP contribution in [0.15, 0.2) is 90.5 Å². The van der Waals surface area contributed by atoms with Crippen LogP contribution in [0, 0.1) is 12.7 Å². The number of aromatic nitrogens is 1. The Labute approximate surface area is 217 Å². The molecule has 0 saturated carbocycles. The minimum Gasteiger partial charge on any atom is -0.369 e. The fourth-order valence-electron chi connectivity index (χ4n) is 4.59. The second-order valence-electron chi connectivity index (χ2n) is 9.31. The lowest BCUT2D eigenvalue weighted by atomic mass is 10.1. The molecule has 0 radical (unpaired) electrons. The van der Waals surface area contributed by atoms with E-state index in [1.807, 2.05) is 36.4 Å². The van der Waals surface area contributed by atoms with Gasteiger partial charge >= 0.3 is 0 Å². The monoisotopic (exact) mass is 516 g/mol. The molecule has 1 aliphatic heterocycles. The average Bonchev–Trinajstić information content (AvgIpc) is 2.91. The first-order valence-corrected chi connectivity index (χ1v) is 13.7. The molecule has 0 bridgehead atoms. The Hall–Kier alpha value is -3.75. The van der Waals surface area contributed by atoms with Crippen LogP contribution < -0.4 is 4.72 Å². The number of halogens is 1. The summed E-state index contributed by atoms with van der Waals surface area (Å²) in [6.07, 6.45) is 1.59. The summed E-state index contributed by atoms with van der Waals surface area (Å²) in [7, 11) is -3.81. The summed E-state index contributed by atoms with van der Waals surface area (Å²) in [5.74, 6) is -0.163. The largest absolute Gasteiger partial charge is 0.369 e. The molecule has 0 atom stereocenters. The summed E-state index contributed by atoms with van der Waals surface area (Å²) < 4.78 is 42.7. The SMILES string of the molecule is C=C(c1ccc(NS(=O)(=O)c2cccc3cccnc23)cc1)N1CCN(Cc2ccc(C)c(F)c2)CC1. The Balaban J connectivity index is 1.21. The van der Waals surface area contributed by atoms with Gasteiger partial charge in [-0.15, -0.1) is 0 Å². The predicted molar refractivity (Wildman–Crippen MR) is 146 cm³/mol. The molecule has 0 aliphatic carbocycles. The van der Waals surface area contributed by atoms with Crippen LogP contribution in [-0.4, -0.2) is 49.4 Å². The number of benzene rings is 3. The number of nitrogens with one attached hydrogen (secondary N) is 1. The summed E-state index contributed by atoms with van der Waals surface area (Å²) in [6, 6.07) is 21.4. The van der Waals surface area contributed by atoms with Crippen LogP contribution in [0.5, 0.6) is 0 Å². The highest BCUT2D eigenvalue weighted by Crippen LogP contribution is 2.25. The zero-order chi connectivity index (χ0) is 26.0. The van der Waals surface area contributed by atoms with E-state index in [1.165, 1.54) is 0 Å². The summed E-state index contributed by atoms with van der Waals surface area (Å²) in [5.41, 5.74) is 4.38. The predicted octanol–water partition coefficient (Wildman–Crippen LogP) is 5.27. The standard InChI is InChI=1S/C29H29FN4O2S/c1-21-8-9-23(19-27(21)30)20-33-15-17-34(18-16-33)22(2)24-10-12-26(13-11-24)32-37(35,36)28-7-3-5-25-6-4-14-31-29(25)28/h3-14,19,32H,2,15-18,20H2,1H3. The van der Waals surface area contributed by atoms with E-state index in [9.17, 15) is 12.8 Å². The lowest BCUT2D eigenvalue weighted by Crippen LogP contribution is -2.44. The van der Waals surface area contributed by atoms with Crippen molar-refractivity contribution in [2.75, 3.05) is 30.9 Å². The molecule has 1 saturated heterocycles. The lowest BCUT2D eigenvalue weighted by molar-refractivity contribution is 0.169. The maximum atomic E-state index is 13.9. The van der Waals surface area contributed by atoms with E-state index >= 15 is 0 Å². The molecular formula is C29H29FN4O2S. The summed E-state index contributed by atoms with van der Waals surface area (Å²) in [4.78, 5) is 8.94. The Morgan fingerprint density at radius 1 is 1.00 bits per heavy atom. The quantitative estimate of drug-likeness (QED) is 0.363. The van der Waals surface area contributed by atoms with Crippen molar-refractivity contribution in [3.05, 3.63) is 108 Å². The van der Waals surface area contributed by atoms with Gasteiger partial charge in [-0.25, -0.2) is 12.8 Å². The molecule has 0 amide bonds. The van der Waals surface area contributed by atoms with Gasteiger partial charge in [-0.05, 0) is 53.9 Å². The molecule has 0 spiro atoms. The van der Waals surface area contributed by atoms with Crippen LogP contribution in [0.4, 0.5) is 10.1 Å². The fourth-order valence-corrected chi connectivity index (χ4v) is 5.82. The average molecular weight is 517 g/mol. The number of aryl methyl sites for hydroxylation is 1. The molecule has 3 aromatic carbocycles. The van der Waals surface area contributed by atoms with E-state index in [-0.39, 0.29) is 10.7 Å². The first-order chi connectivity index (χ1) is 17.8. The molecule has 1 fully saturated rings. The Morgan fingerprint density at radius 3 is 2.46 bits per heavy atom. The number of fused-ring (bicyclic) bond motifs is 1. The third kappa shape index (κ3) is 5.50. The van der Waals surface area contributed by atoms with E-state index in [0.717, 1.165) is 54.9 Å². The first-order valence-electron chi connectivity index (χ1n) is 12.2. The van der Waals surface area contributed by atoms with Gasteiger partial charge in [-0.3, -0.25) is 14.6 Å². The number of para-hydroxylation sites is 1. The van der Waals surface area contributed by atoms with Crippen molar-refractivity contribution in [3.63, 3.8) is 0 Å². The molecular weight excluding hydrogens is 487 g/mol. The molecule has 37 heavy (non-hydrogen) atoms. The summed E-state index contributed by atoms with van der Waals surface area (Å²) >= 11 is 0. The molecule has 8 heteroatoms. The highest BCUT2D eigenvalue weighted by molar-refractivity contribution is 7.93. The molecule has 5 rings (SSSR count). The number of hydrogen-bond donors (Lipinski definition) is 1. The van der Waals surface area contributed by atoms with E-state index < -0.39 is 10.0 Å². The molecule has 190 valence electrons. The molecule has 1 N–H and O–H groups in total. The van der Waals surface area contributed by atoms with E-state index in [1.54, 1.807) is 49.5 Å². The Morgan fingerprint density at radius 2 is 1.73 bits per heavy atom. The smallest absolute Gasteiger partial charge is 0.264 e. The van der Waals surface area contributed by atoms with Gasteiger partial charge in [0.25, 0.3) is 10.0 Å². The fraction of sp³-hybridized carbons (Fsp3) is 0.207. The van der Waals surface area contributed by atoms with Crippen LogP contribution in [0.2, 0.25) is 0 Å². The van der Waals surface area contributed by atoms with E-state index in [0.29, 0.717) is 16.8 Å². The van der Waals surface area contributed by atoms with Crippen molar-refractivity contribution >= 4 is 32.3 Å². The minimum atomic E-state index is -3.81. The molecule has 1 aromatic heterocycles. The molecule has 1 aliphatic rings. The Kier molecular flexibility index (Phi) is 6.95. The van der Waals surface area contributed by atoms with Crippen LogP contribution in [0.25, 0.3) is 16.6 Å². The lowest BCUT2D eigenvalue weighted by Gasteiger charge is -2.37. The number of hydrogen-bond acceptors (Lipinski definition) is 5. The van der Waals surface area contributed by atoms with E-state index in [2.05, 4.69) is 26.1 Å². The van der Waals surface area contributed by atoms with Crippen LogP contribution in [0.3, 0.4) is 0 Å². The van der Waals surface area contributed by atoms with Crippen molar-refractivity contribution in [2.24, 2.45) is 0 Å². The van der Waals surface area contributed by atoms with Crippen molar-refractivity contribution in [1.29, 1.82) is 0 Å². The van der Waals surface area contributed by atoms with Crippen LogP contribution in [0.1, 0.15) is 16.7 Å². The molecule has 6 nitrogen and oxygen atoms in total. The highest BCUT2D eigenvalue weighted by Gasteiger charge is 2.21. The molecule has 0 unspecified atom stereocenters. The summed E-state index contributed by atoms with van der Waals surface area (Å²) in [6.45, 7) is 10.1. The van der Waals surface area contributed by atoms with E-state index in [4.69, 9.17) is 0 Å². The zero-order valence-corrected chi connectivity index (χ0v) is 21.5. The van der Waals surface area contributed by atoms with Gasteiger partial charge in [0.2, 0.25) is 0 Å². The number of anilines is 1. The number of sulfonamides is 1. The molecule has 2 heterocycles. The molecule has 4 aromatic rings. The van der Waals surface area contributed by atoms with Crippen molar-refractivity contribution in [3.8, 4) is 0 Å². The zero-order valence-electron chi connectivity index (χ0n) is 20.7. The third-order valence-electron chi connectivity index (χ3n) is 6.75. The van der Waals surface area contributed by atoms with Crippen molar-refractivity contribution in [2.45, 2.75) is 18.4 Å². The van der Waals surface area contributed by atoms with Crippen LogP contribution in [-0.2, 0) is 16.6 Å². The van der Waals surface area contributed by atoms with Gasteiger partial charge in [0, 0.05) is 55.7 Å². The summed E-state index contributed by atoms with van der Waals surface area (Å²) in [5, 5.41) is 0.767. The number of nitrogens with zero attached hydrogens (tertiary/aromatic N) is 3. The first kappa shape index (κ1) is 24.9. The maximum absolute atomic E-state index is 13.9. The van der Waals surface area contributed by atoms with Crippen molar-refractivity contribution in [1.82, 2.24) is 14.8 Å². The topological polar surface area (TPSA) is 65.5 Å². The number of pyridine rings is 1. The van der Waals surface area contributed by atoms with Gasteiger partial charge in [-0.1, -0.05) is 49.0 Å². The second kappa shape index (κ2) is 10.3. The van der Waals surface area contributed by atoms with Gasteiger partial charge in [-0.2, -0.15) is 0 Å². The van der Waals surface area contributed by atoms with Crippen LogP contribution >= 0.6 is 0 Å². The normalized spacial score (nSPS) is 14.6. The van der Waals surface area contributed by atoms with Gasteiger partial charge in [0.1, 0.15) is 10.7 Å². The third-order valence-corrected chi connectivity index (χ3v) is 8.16. The second-order valence-corrected chi connectivity index (χ2v) is 11.0. The highest BCUT2D eigenvalue weighted by atomic mass is 32.2. The van der Waals surface area contributed by atoms with Gasteiger partial charge in [0.05, 0.1) is 5.52 Å². The Bertz CT molecular complexity index is 1540. The van der Waals surface area contributed by atoms with Crippen molar-refractivity contribution < 1.29 is 12.8 Å². The maximum Gasteiger partial charge on any atom is 0.264 e. The minimum absolute atomic E-state index is 0.144. The number of rotatable bonds is 7. The van der Waals surface area contributed by atoms with Gasteiger partial charge in [0.15, 0.2) is 0 Å². The number of piperazine rings is 1. The van der Waals surface area contributed by atoms with Gasteiger partial charge < -0.3 is 4.90 Å².